The predicted octanol–water partition coefficient (Wildman–Crippen LogP) is 3.38. The van der Waals surface area contributed by atoms with E-state index in [2.05, 4.69) is 0 Å². The third-order valence-corrected chi connectivity index (χ3v) is 5.82. The van der Waals surface area contributed by atoms with Crippen LogP contribution >= 0.6 is 0 Å². The molecule has 0 aliphatic heterocycles. The zero-order valence-electron chi connectivity index (χ0n) is 10.7. The molecular weight excluding hydrogens is 251 g/mol. The molecule has 0 bridgehead atoms. The molecular formula is C14H19FO2S. The predicted molar refractivity (Wildman–Crippen MR) is 70.6 cm³/mol. The van der Waals surface area contributed by atoms with Gasteiger partial charge in [-0.3, -0.25) is 0 Å². The fourth-order valence-electron chi connectivity index (χ4n) is 2.57. The number of sulfone groups is 1. The van der Waals surface area contributed by atoms with Gasteiger partial charge in [-0.25, -0.2) is 12.8 Å². The average molecular weight is 270 g/mol. The van der Waals surface area contributed by atoms with Crippen LogP contribution in [0.3, 0.4) is 0 Å². The van der Waals surface area contributed by atoms with Gasteiger partial charge in [0, 0.05) is 5.56 Å². The van der Waals surface area contributed by atoms with Crippen molar-refractivity contribution in [2.24, 2.45) is 0 Å². The summed E-state index contributed by atoms with van der Waals surface area (Å²) in [6, 6.07) is 4.64. The largest absolute Gasteiger partial charge is 0.228 e. The molecule has 0 unspecified atom stereocenters. The van der Waals surface area contributed by atoms with E-state index in [9.17, 15) is 12.8 Å². The Morgan fingerprint density at radius 3 is 2.56 bits per heavy atom. The van der Waals surface area contributed by atoms with Crippen molar-refractivity contribution >= 4 is 9.84 Å². The van der Waals surface area contributed by atoms with Gasteiger partial charge in [-0.1, -0.05) is 37.0 Å². The minimum absolute atomic E-state index is 0.162. The fraction of sp³-hybridized carbons (Fsp3) is 0.571. The Morgan fingerprint density at radius 1 is 1.22 bits per heavy atom. The van der Waals surface area contributed by atoms with Gasteiger partial charge in [0.05, 0.1) is 11.0 Å². The molecule has 0 N–H and O–H groups in total. The summed E-state index contributed by atoms with van der Waals surface area (Å²) < 4.78 is 38.1. The molecule has 0 radical (unpaired) electrons. The molecule has 0 amide bonds. The quantitative estimate of drug-likeness (QED) is 0.843. The minimum atomic E-state index is -3.22. The van der Waals surface area contributed by atoms with Crippen molar-refractivity contribution in [3.63, 3.8) is 0 Å². The Bertz CT molecular complexity index is 517. The number of aryl methyl sites for hydroxylation is 1. The second-order valence-electron chi connectivity index (χ2n) is 5.16. The van der Waals surface area contributed by atoms with Gasteiger partial charge >= 0.3 is 0 Å². The zero-order valence-corrected chi connectivity index (χ0v) is 11.5. The summed E-state index contributed by atoms with van der Waals surface area (Å²) in [7, 11) is -3.22. The van der Waals surface area contributed by atoms with Crippen LogP contribution in [0.4, 0.5) is 4.39 Å². The van der Waals surface area contributed by atoms with Crippen molar-refractivity contribution in [3.8, 4) is 0 Å². The molecule has 0 aromatic heterocycles. The summed E-state index contributed by atoms with van der Waals surface area (Å²) in [6.07, 6.45) is 4.52. The van der Waals surface area contributed by atoms with Crippen molar-refractivity contribution < 1.29 is 12.8 Å². The normalized spacial score (nSPS) is 17.9. The van der Waals surface area contributed by atoms with Crippen molar-refractivity contribution in [1.29, 1.82) is 0 Å². The second-order valence-corrected chi connectivity index (χ2v) is 7.44. The lowest BCUT2D eigenvalue weighted by molar-refractivity contribution is 0.482. The standard InChI is InChI=1S/C14H19FO2S/c1-11-7-8-14(15)12(9-11)10-18(16,17)13-5-3-2-4-6-13/h7-9,13H,2-6,10H2,1H3. The van der Waals surface area contributed by atoms with E-state index in [1.807, 2.05) is 6.92 Å². The number of rotatable bonds is 3. The highest BCUT2D eigenvalue weighted by Gasteiger charge is 2.28. The van der Waals surface area contributed by atoms with Gasteiger partial charge in [0.1, 0.15) is 5.82 Å². The summed E-state index contributed by atoms with van der Waals surface area (Å²) in [5.41, 5.74) is 1.20. The van der Waals surface area contributed by atoms with Crippen LogP contribution in [0.1, 0.15) is 43.2 Å². The Morgan fingerprint density at radius 2 is 1.89 bits per heavy atom. The highest BCUT2D eigenvalue weighted by molar-refractivity contribution is 7.91. The second kappa shape index (κ2) is 5.39. The molecule has 2 rings (SSSR count). The van der Waals surface area contributed by atoms with Crippen LogP contribution in [-0.4, -0.2) is 13.7 Å². The summed E-state index contributed by atoms with van der Waals surface area (Å²) in [6.45, 7) is 1.84. The van der Waals surface area contributed by atoms with Gasteiger partial charge in [0.2, 0.25) is 0 Å². The maximum absolute atomic E-state index is 13.6. The van der Waals surface area contributed by atoms with Crippen LogP contribution in [-0.2, 0) is 15.6 Å². The molecule has 1 aliphatic rings. The number of halogens is 1. The Hall–Kier alpha value is -0.900. The molecule has 1 aliphatic carbocycles. The van der Waals surface area contributed by atoms with E-state index in [0.717, 1.165) is 37.7 Å². The van der Waals surface area contributed by atoms with Crippen LogP contribution in [0, 0.1) is 12.7 Å². The molecule has 1 fully saturated rings. The van der Waals surface area contributed by atoms with Gasteiger partial charge in [0.15, 0.2) is 9.84 Å². The maximum atomic E-state index is 13.6. The van der Waals surface area contributed by atoms with E-state index < -0.39 is 15.7 Å². The van der Waals surface area contributed by atoms with E-state index in [0.29, 0.717) is 5.56 Å². The fourth-order valence-corrected chi connectivity index (χ4v) is 4.51. The first-order valence-electron chi connectivity index (χ1n) is 6.45. The van der Waals surface area contributed by atoms with Gasteiger partial charge in [-0.15, -0.1) is 0 Å². The molecule has 4 heteroatoms. The first-order chi connectivity index (χ1) is 8.49. The summed E-state index contributed by atoms with van der Waals surface area (Å²) in [5, 5.41) is -0.272. The Kier molecular flexibility index (Phi) is 4.05. The molecule has 100 valence electrons. The highest BCUT2D eigenvalue weighted by Crippen LogP contribution is 2.26. The first kappa shape index (κ1) is 13.5. The first-order valence-corrected chi connectivity index (χ1v) is 8.17. The molecule has 0 saturated heterocycles. The topological polar surface area (TPSA) is 34.1 Å². The molecule has 2 nitrogen and oxygen atoms in total. The van der Waals surface area contributed by atoms with Crippen LogP contribution in [0.15, 0.2) is 18.2 Å². The van der Waals surface area contributed by atoms with Crippen LogP contribution in [0.5, 0.6) is 0 Å². The molecule has 0 heterocycles. The zero-order chi connectivity index (χ0) is 13.2. The van der Waals surface area contributed by atoms with E-state index in [1.165, 1.54) is 6.07 Å². The van der Waals surface area contributed by atoms with Crippen LogP contribution in [0.25, 0.3) is 0 Å². The Labute approximate surface area is 108 Å². The summed E-state index contributed by atoms with van der Waals surface area (Å²) >= 11 is 0. The lowest BCUT2D eigenvalue weighted by Gasteiger charge is -2.21. The van der Waals surface area contributed by atoms with E-state index >= 15 is 0 Å². The maximum Gasteiger partial charge on any atom is 0.157 e. The van der Waals surface area contributed by atoms with Crippen molar-refractivity contribution in [3.05, 3.63) is 35.1 Å². The highest BCUT2D eigenvalue weighted by atomic mass is 32.2. The molecule has 1 aromatic carbocycles. The van der Waals surface area contributed by atoms with E-state index in [-0.39, 0.29) is 11.0 Å². The minimum Gasteiger partial charge on any atom is -0.228 e. The van der Waals surface area contributed by atoms with Crippen molar-refractivity contribution in [2.45, 2.75) is 50.0 Å². The summed E-state index contributed by atoms with van der Waals surface area (Å²) in [4.78, 5) is 0. The Balaban J connectivity index is 2.18. The van der Waals surface area contributed by atoms with Crippen LogP contribution < -0.4 is 0 Å². The SMILES string of the molecule is Cc1ccc(F)c(CS(=O)(=O)C2CCCCC2)c1. The molecule has 18 heavy (non-hydrogen) atoms. The van der Waals surface area contributed by atoms with Crippen molar-refractivity contribution in [1.82, 2.24) is 0 Å². The number of hydrogen-bond acceptors (Lipinski definition) is 2. The van der Waals surface area contributed by atoms with Gasteiger partial charge in [0.25, 0.3) is 0 Å². The lowest BCUT2D eigenvalue weighted by Crippen LogP contribution is -2.25. The number of benzene rings is 1. The lowest BCUT2D eigenvalue weighted by atomic mass is 10.0. The molecule has 1 saturated carbocycles. The third-order valence-electron chi connectivity index (χ3n) is 3.62. The van der Waals surface area contributed by atoms with E-state index in [1.54, 1.807) is 12.1 Å². The van der Waals surface area contributed by atoms with Gasteiger partial charge in [-0.05, 0) is 25.8 Å². The van der Waals surface area contributed by atoms with E-state index in [4.69, 9.17) is 0 Å². The van der Waals surface area contributed by atoms with Crippen molar-refractivity contribution in [2.75, 3.05) is 0 Å². The average Bonchev–Trinajstić information content (AvgIpc) is 2.35. The monoisotopic (exact) mass is 270 g/mol. The van der Waals surface area contributed by atoms with Gasteiger partial charge in [-0.2, -0.15) is 0 Å². The number of hydrogen-bond donors (Lipinski definition) is 0. The molecule has 0 spiro atoms. The molecule has 1 aromatic rings. The third kappa shape index (κ3) is 3.10. The van der Waals surface area contributed by atoms with Gasteiger partial charge < -0.3 is 0 Å². The smallest absolute Gasteiger partial charge is 0.157 e. The van der Waals surface area contributed by atoms with Crippen LogP contribution in [0.2, 0.25) is 0 Å². The molecule has 0 atom stereocenters. The summed E-state index contributed by atoms with van der Waals surface area (Å²) in [5.74, 6) is -0.578.